The fraction of sp³-hybridized carbons (Fsp3) is 0.385. The summed E-state index contributed by atoms with van der Waals surface area (Å²) >= 11 is 0. The van der Waals surface area contributed by atoms with Crippen LogP contribution in [0.2, 0.25) is 0 Å². The van der Waals surface area contributed by atoms with Gasteiger partial charge in [-0.15, -0.1) is 0 Å². The van der Waals surface area contributed by atoms with Gasteiger partial charge in [-0.1, -0.05) is 44.5 Å². The topological polar surface area (TPSA) is 80.3 Å². The Morgan fingerprint density at radius 3 is 2.18 bits per heavy atom. The Labute approximate surface area is 195 Å². The number of aryl methyl sites for hydroxylation is 1. The lowest BCUT2D eigenvalue weighted by Gasteiger charge is -2.16. The lowest BCUT2D eigenvalue weighted by Crippen LogP contribution is -2.14. The molecule has 0 unspecified atom stereocenters. The molecule has 0 bridgehead atoms. The molecule has 0 radical (unpaired) electrons. The van der Waals surface area contributed by atoms with Gasteiger partial charge in [0.25, 0.3) is 0 Å². The zero-order chi connectivity index (χ0) is 24.1. The maximum atomic E-state index is 12.0. The van der Waals surface area contributed by atoms with Gasteiger partial charge in [-0.2, -0.15) is 0 Å². The van der Waals surface area contributed by atoms with Crippen molar-refractivity contribution in [3.63, 3.8) is 0 Å². The van der Waals surface area contributed by atoms with Gasteiger partial charge < -0.3 is 23.7 Å². The minimum absolute atomic E-state index is 0.268. The van der Waals surface area contributed by atoms with Gasteiger partial charge in [0.2, 0.25) is 5.76 Å². The summed E-state index contributed by atoms with van der Waals surface area (Å²) in [6.07, 6.45) is 4.29. The summed E-state index contributed by atoms with van der Waals surface area (Å²) in [4.78, 5) is 23.6. The molecule has 0 aliphatic rings. The molecule has 0 atom stereocenters. The van der Waals surface area contributed by atoms with E-state index in [0.717, 1.165) is 30.2 Å². The third kappa shape index (κ3) is 7.86. The van der Waals surface area contributed by atoms with Gasteiger partial charge in [0.05, 0.1) is 33.5 Å². The highest BCUT2D eigenvalue weighted by Gasteiger charge is 2.18. The minimum Gasteiger partial charge on any atom is -0.493 e. The molecular weight excluding hydrogens is 424 g/mol. The molecule has 7 nitrogen and oxygen atoms in total. The van der Waals surface area contributed by atoms with Crippen LogP contribution in [0, 0.1) is 0 Å². The van der Waals surface area contributed by atoms with E-state index in [4.69, 9.17) is 18.9 Å². The third-order valence-electron chi connectivity index (χ3n) is 4.80. The zero-order valence-corrected chi connectivity index (χ0v) is 19.7. The molecular formula is C26H32O7. The van der Waals surface area contributed by atoms with Crippen LogP contribution in [0.15, 0.2) is 54.3 Å². The van der Waals surface area contributed by atoms with E-state index in [1.54, 1.807) is 12.1 Å². The van der Waals surface area contributed by atoms with E-state index in [-0.39, 0.29) is 5.76 Å². The molecule has 178 valence electrons. The van der Waals surface area contributed by atoms with E-state index in [0.29, 0.717) is 37.6 Å². The fourth-order valence-electron chi connectivity index (χ4n) is 3.18. The van der Waals surface area contributed by atoms with Crippen LogP contribution in [-0.2, 0) is 31.9 Å². The Hall–Kier alpha value is -3.48. The number of para-hydroxylation sites is 1. The molecule has 7 heteroatoms. The average Bonchev–Trinajstić information content (AvgIpc) is 2.84. The summed E-state index contributed by atoms with van der Waals surface area (Å²) in [7, 11) is 2.42. The SMILES string of the molecule is CCCc1ccccc1OCCCOc1cccc(O/C(=C/C(=O)OC)C(=O)OC)c1CC. The molecule has 2 aromatic rings. The van der Waals surface area contributed by atoms with Crippen LogP contribution in [0.3, 0.4) is 0 Å². The van der Waals surface area contributed by atoms with Crippen molar-refractivity contribution in [3.8, 4) is 17.2 Å². The Morgan fingerprint density at radius 2 is 1.52 bits per heavy atom. The summed E-state index contributed by atoms with van der Waals surface area (Å²) < 4.78 is 26.9. The largest absolute Gasteiger partial charge is 0.493 e. The quantitative estimate of drug-likeness (QED) is 0.188. The Kier molecular flexibility index (Phi) is 10.8. The van der Waals surface area contributed by atoms with Gasteiger partial charge in [0.1, 0.15) is 17.2 Å². The van der Waals surface area contributed by atoms with Crippen LogP contribution < -0.4 is 14.2 Å². The lowest BCUT2D eigenvalue weighted by atomic mass is 10.1. The van der Waals surface area contributed by atoms with Crippen molar-refractivity contribution in [2.75, 3.05) is 27.4 Å². The molecule has 2 rings (SSSR count). The normalized spacial score (nSPS) is 11.0. The molecule has 0 aromatic heterocycles. The predicted octanol–water partition coefficient (Wildman–Crippen LogP) is 4.66. The van der Waals surface area contributed by atoms with Crippen LogP contribution in [0.4, 0.5) is 0 Å². The highest BCUT2D eigenvalue weighted by atomic mass is 16.6. The molecule has 0 saturated carbocycles. The molecule has 0 spiro atoms. The molecule has 0 fully saturated rings. The fourth-order valence-corrected chi connectivity index (χ4v) is 3.18. The lowest BCUT2D eigenvalue weighted by molar-refractivity contribution is -0.140. The van der Waals surface area contributed by atoms with E-state index >= 15 is 0 Å². The molecule has 0 amide bonds. The molecule has 33 heavy (non-hydrogen) atoms. The van der Waals surface area contributed by atoms with E-state index in [1.165, 1.54) is 19.8 Å². The average molecular weight is 457 g/mol. The summed E-state index contributed by atoms with van der Waals surface area (Å²) in [6.45, 7) is 5.08. The van der Waals surface area contributed by atoms with Crippen LogP contribution in [0.25, 0.3) is 0 Å². The van der Waals surface area contributed by atoms with Gasteiger partial charge in [-0.05, 0) is 36.6 Å². The van der Waals surface area contributed by atoms with Crippen molar-refractivity contribution >= 4 is 11.9 Å². The number of hydrogen-bond donors (Lipinski definition) is 0. The van der Waals surface area contributed by atoms with Crippen LogP contribution in [0.5, 0.6) is 17.2 Å². The van der Waals surface area contributed by atoms with Crippen molar-refractivity contribution in [2.45, 2.75) is 39.5 Å². The van der Waals surface area contributed by atoms with Crippen molar-refractivity contribution in [1.82, 2.24) is 0 Å². The van der Waals surface area contributed by atoms with Gasteiger partial charge in [0, 0.05) is 12.0 Å². The first-order valence-electron chi connectivity index (χ1n) is 11.0. The second-order valence-corrected chi connectivity index (χ2v) is 7.12. The first kappa shape index (κ1) is 25.8. The smallest absolute Gasteiger partial charge is 0.374 e. The number of rotatable bonds is 13. The highest BCUT2D eigenvalue weighted by Crippen LogP contribution is 2.31. The molecule has 0 saturated heterocycles. The van der Waals surface area contributed by atoms with E-state index in [9.17, 15) is 9.59 Å². The Morgan fingerprint density at radius 1 is 0.848 bits per heavy atom. The van der Waals surface area contributed by atoms with E-state index in [2.05, 4.69) is 17.7 Å². The second kappa shape index (κ2) is 13.8. The van der Waals surface area contributed by atoms with E-state index < -0.39 is 11.9 Å². The van der Waals surface area contributed by atoms with Crippen molar-refractivity contribution < 1.29 is 33.3 Å². The van der Waals surface area contributed by atoms with Gasteiger partial charge in [-0.3, -0.25) is 0 Å². The van der Waals surface area contributed by atoms with Crippen molar-refractivity contribution in [1.29, 1.82) is 0 Å². The van der Waals surface area contributed by atoms with Gasteiger partial charge in [0.15, 0.2) is 0 Å². The Balaban J connectivity index is 2.01. The standard InChI is InChI=1S/C26H32O7/c1-5-11-19-12-7-8-13-21(19)31-16-10-17-32-22-14-9-15-23(20(22)6-2)33-24(26(28)30-4)18-25(27)29-3/h7-9,12-15,18H,5-6,10-11,16-17H2,1-4H3/b24-18+. The molecule has 0 aliphatic carbocycles. The zero-order valence-electron chi connectivity index (χ0n) is 19.7. The van der Waals surface area contributed by atoms with Crippen LogP contribution in [-0.4, -0.2) is 39.4 Å². The monoisotopic (exact) mass is 456 g/mol. The molecule has 0 heterocycles. The molecule has 0 aliphatic heterocycles. The number of ether oxygens (including phenoxy) is 5. The maximum Gasteiger partial charge on any atom is 0.374 e. The third-order valence-corrected chi connectivity index (χ3v) is 4.80. The summed E-state index contributed by atoms with van der Waals surface area (Å²) in [5, 5.41) is 0. The first-order chi connectivity index (χ1) is 16.0. The maximum absolute atomic E-state index is 12.0. The molecule has 2 aromatic carbocycles. The van der Waals surface area contributed by atoms with Gasteiger partial charge in [-0.25, -0.2) is 9.59 Å². The number of benzene rings is 2. The van der Waals surface area contributed by atoms with Crippen LogP contribution >= 0.6 is 0 Å². The molecule has 0 N–H and O–H groups in total. The van der Waals surface area contributed by atoms with E-state index in [1.807, 2.05) is 31.2 Å². The minimum atomic E-state index is -0.783. The second-order valence-electron chi connectivity index (χ2n) is 7.12. The predicted molar refractivity (Wildman–Crippen MR) is 125 cm³/mol. The number of methoxy groups -OCH3 is 2. The summed E-state index contributed by atoms with van der Waals surface area (Å²) in [5.74, 6) is 0.187. The number of esters is 2. The Bertz CT molecular complexity index is 949. The number of carbonyl (C=O) groups excluding carboxylic acids is 2. The summed E-state index contributed by atoms with van der Waals surface area (Å²) in [6, 6.07) is 13.4. The van der Waals surface area contributed by atoms with Crippen LogP contribution in [0.1, 0.15) is 37.8 Å². The number of hydrogen-bond acceptors (Lipinski definition) is 7. The first-order valence-corrected chi connectivity index (χ1v) is 11.0. The summed E-state index contributed by atoms with van der Waals surface area (Å²) in [5.41, 5.74) is 1.98. The number of carbonyl (C=O) groups is 2. The highest BCUT2D eigenvalue weighted by molar-refractivity contribution is 5.95. The van der Waals surface area contributed by atoms with Crippen molar-refractivity contribution in [3.05, 3.63) is 65.4 Å². The van der Waals surface area contributed by atoms with Gasteiger partial charge >= 0.3 is 11.9 Å². The van der Waals surface area contributed by atoms with Crippen molar-refractivity contribution in [2.24, 2.45) is 0 Å².